The quantitative estimate of drug-likeness (QED) is 0.583. The van der Waals surface area contributed by atoms with Crippen molar-refractivity contribution in [2.45, 2.75) is 26.2 Å². The van der Waals surface area contributed by atoms with E-state index in [0.717, 1.165) is 12.8 Å². The highest BCUT2D eigenvalue weighted by Crippen LogP contribution is 2.61. The normalized spacial score (nSPS) is 33.3. The van der Waals surface area contributed by atoms with Crippen molar-refractivity contribution in [2.75, 3.05) is 0 Å². The lowest BCUT2D eigenvalue weighted by atomic mass is 9.50. The van der Waals surface area contributed by atoms with Crippen molar-refractivity contribution < 1.29 is 19.8 Å². The Kier molecular flexibility index (Phi) is 2.89. The number of hydrogen-bond donors (Lipinski definition) is 2. The first-order valence-electron chi connectivity index (χ1n) is 6.02. The number of carboxylic acids is 2. The van der Waals surface area contributed by atoms with Crippen molar-refractivity contribution in [3.05, 3.63) is 11.6 Å². The van der Waals surface area contributed by atoms with Gasteiger partial charge in [-0.2, -0.15) is 5.26 Å². The molecule has 2 rings (SSSR count). The van der Waals surface area contributed by atoms with Crippen LogP contribution in [0.15, 0.2) is 11.6 Å². The molecular weight excluding hydrogens is 234 g/mol. The van der Waals surface area contributed by atoms with E-state index in [1.807, 2.05) is 19.1 Å². The number of rotatable bonds is 4. The summed E-state index contributed by atoms with van der Waals surface area (Å²) in [6.45, 7) is 2.01. The summed E-state index contributed by atoms with van der Waals surface area (Å²) in [7, 11) is 0. The van der Waals surface area contributed by atoms with Gasteiger partial charge in [-0.3, -0.25) is 9.59 Å². The molecule has 0 aliphatic heterocycles. The topological polar surface area (TPSA) is 98.4 Å². The van der Waals surface area contributed by atoms with Gasteiger partial charge in [-0.25, -0.2) is 0 Å². The summed E-state index contributed by atoms with van der Waals surface area (Å²) in [6.07, 6.45) is 4.05. The standard InChI is InChI=1S/C13H15NO4/c1-2-7-3-8-5-13(6-14,9(8)4-7)10(11(15)16)12(17)18/h4,8-10H,2-3,5H2,1H3,(H,15,16)(H,17,18)/t8-,9+,13-/m0/s1. The molecule has 96 valence electrons. The highest BCUT2D eigenvalue weighted by atomic mass is 16.4. The van der Waals surface area contributed by atoms with Gasteiger partial charge in [0.15, 0.2) is 5.92 Å². The summed E-state index contributed by atoms with van der Waals surface area (Å²) in [6, 6.07) is 1.99. The van der Waals surface area contributed by atoms with Gasteiger partial charge >= 0.3 is 11.9 Å². The largest absolute Gasteiger partial charge is 0.481 e. The summed E-state index contributed by atoms with van der Waals surface area (Å²) in [5.74, 6) is -4.42. The van der Waals surface area contributed by atoms with Gasteiger partial charge in [-0.1, -0.05) is 18.6 Å². The maximum Gasteiger partial charge on any atom is 0.319 e. The van der Waals surface area contributed by atoms with Crippen LogP contribution in [0.2, 0.25) is 0 Å². The van der Waals surface area contributed by atoms with E-state index in [-0.39, 0.29) is 11.8 Å². The highest BCUT2D eigenvalue weighted by molar-refractivity contribution is 5.94. The Labute approximate surface area is 105 Å². The van der Waals surface area contributed by atoms with E-state index in [0.29, 0.717) is 6.42 Å². The molecule has 1 fully saturated rings. The number of allylic oxidation sites excluding steroid dienone is 2. The first-order chi connectivity index (χ1) is 8.46. The van der Waals surface area contributed by atoms with Gasteiger partial charge in [0.05, 0.1) is 11.5 Å². The van der Waals surface area contributed by atoms with Crippen molar-refractivity contribution in [3.63, 3.8) is 0 Å². The minimum absolute atomic E-state index is 0.213. The van der Waals surface area contributed by atoms with E-state index in [9.17, 15) is 14.9 Å². The van der Waals surface area contributed by atoms with E-state index >= 15 is 0 Å². The molecule has 0 aromatic heterocycles. The van der Waals surface area contributed by atoms with Crippen LogP contribution < -0.4 is 0 Å². The maximum atomic E-state index is 11.1. The fourth-order valence-electron chi connectivity index (χ4n) is 3.40. The van der Waals surface area contributed by atoms with Crippen LogP contribution in [0.3, 0.4) is 0 Å². The lowest BCUT2D eigenvalue weighted by molar-refractivity contribution is -0.166. The van der Waals surface area contributed by atoms with Crippen molar-refractivity contribution in [1.82, 2.24) is 0 Å². The monoisotopic (exact) mass is 249 g/mol. The highest BCUT2D eigenvalue weighted by Gasteiger charge is 2.63. The molecule has 5 nitrogen and oxygen atoms in total. The summed E-state index contributed by atoms with van der Waals surface area (Å²) in [5, 5.41) is 27.4. The number of nitrogens with zero attached hydrogens (tertiary/aromatic N) is 1. The first-order valence-corrected chi connectivity index (χ1v) is 6.02. The lowest BCUT2D eigenvalue weighted by Gasteiger charge is -2.49. The molecule has 0 radical (unpaired) electrons. The molecule has 1 saturated carbocycles. The van der Waals surface area contributed by atoms with Crippen molar-refractivity contribution >= 4 is 11.9 Å². The summed E-state index contributed by atoms with van der Waals surface area (Å²) < 4.78 is 0. The van der Waals surface area contributed by atoms with Gasteiger partial charge in [-0.15, -0.1) is 0 Å². The number of carbonyl (C=O) groups is 2. The molecule has 0 heterocycles. The van der Waals surface area contributed by atoms with Crippen LogP contribution in [0.25, 0.3) is 0 Å². The molecule has 0 spiro atoms. The molecule has 0 aromatic carbocycles. The van der Waals surface area contributed by atoms with E-state index < -0.39 is 23.3 Å². The SMILES string of the molecule is CCC1=C[C@@H]2[C@@H](C1)C[C@@]2(C#N)C(C(=O)O)C(=O)O. The molecule has 3 atom stereocenters. The summed E-state index contributed by atoms with van der Waals surface area (Å²) in [5.41, 5.74) is -0.0594. The molecule has 2 N–H and O–H groups in total. The minimum Gasteiger partial charge on any atom is -0.481 e. The zero-order chi connectivity index (χ0) is 13.5. The lowest BCUT2D eigenvalue weighted by Crippen LogP contribution is -2.54. The molecule has 0 amide bonds. The molecule has 2 aliphatic rings. The van der Waals surface area contributed by atoms with Crippen LogP contribution in [0, 0.1) is 34.5 Å². The van der Waals surface area contributed by atoms with Gasteiger partial charge in [0.2, 0.25) is 0 Å². The first kappa shape index (κ1) is 12.6. The third kappa shape index (κ3) is 1.52. The van der Waals surface area contributed by atoms with Crippen LogP contribution in [-0.4, -0.2) is 22.2 Å². The second-order valence-electron chi connectivity index (χ2n) is 5.13. The van der Waals surface area contributed by atoms with E-state index in [4.69, 9.17) is 10.2 Å². The molecule has 0 unspecified atom stereocenters. The van der Waals surface area contributed by atoms with Crippen molar-refractivity contribution in [2.24, 2.45) is 23.2 Å². The second kappa shape index (κ2) is 4.13. The van der Waals surface area contributed by atoms with Gasteiger partial charge in [0.1, 0.15) is 0 Å². The summed E-state index contributed by atoms with van der Waals surface area (Å²) >= 11 is 0. The van der Waals surface area contributed by atoms with Crippen LogP contribution >= 0.6 is 0 Å². The smallest absolute Gasteiger partial charge is 0.319 e. The molecule has 0 saturated heterocycles. The second-order valence-corrected chi connectivity index (χ2v) is 5.13. The van der Waals surface area contributed by atoms with Gasteiger partial charge in [-0.05, 0) is 25.2 Å². The van der Waals surface area contributed by atoms with Crippen LogP contribution in [0.5, 0.6) is 0 Å². The third-order valence-corrected chi connectivity index (χ3v) is 4.31. The molecule has 0 aromatic rings. The van der Waals surface area contributed by atoms with Crippen molar-refractivity contribution in [3.8, 4) is 6.07 Å². The number of aliphatic carboxylic acids is 2. The molecule has 5 heteroatoms. The molecule has 18 heavy (non-hydrogen) atoms. The fraction of sp³-hybridized carbons (Fsp3) is 0.615. The zero-order valence-electron chi connectivity index (χ0n) is 10.1. The average molecular weight is 249 g/mol. The van der Waals surface area contributed by atoms with Crippen LogP contribution in [0.1, 0.15) is 26.2 Å². The number of fused-ring (bicyclic) bond motifs is 1. The van der Waals surface area contributed by atoms with Crippen LogP contribution in [0.4, 0.5) is 0 Å². The minimum atomic E-state index is -1.63. The Morgan fingerprint density at radius 2 is 2.17 bits per heavy atom. The fourth-order valence-corrected chi connectivity index (χ4v) is 3.40. The van der Waals surface area contributed by atoms with Crippen LogP contribution in [-0.2, 0) is 9.59 Å². The number of nitriles is 1. The molecule has 0 bridgehead atoms. The van der Waals surface area contributed by atoms with E-state index in [1.165, 1.54) is 5.57 Å². The molecular formula is C13H15NO4. The van der Waals surface area contributed by atoms with Gasteiger partial charge < -0.3 is 10.2 Å². The zero-order valence-corrected chi connectivity index (χ0v) is 10.1. The molecule has 2 aliphatic carbocycles. The van der Waals surface area contributed by atoms with Gasteiger partial charge in [0, 0.05) is 5.92 Å². The number of carboxylic acid groups (broad SMARTS) is 2. The van der Waals surface area contributed by atoms with E-state index in [2.05, 4.69) is 0 Å². The Hall–Kier alpha value is -1.83. The maximum absolute atomic E-state index is 11.1. The Morgan fingerprint density at radius 3 is 2.61 bits per heavy atom. The number of hydrogen-bond acceptors (Lipinski definition) is 3. The Balaban J connectivity index is 2.35. The Morgan fingerprint density at radius 1 is 1.56 bits per heavy atom. The van der Waals surface area contributed by atoms with Crippen molar-refractivity contribution in [1.29, 1.82) is 5.26 Å². The van der Waals surface area contributed by atoms with E-state index in [1.54, 1.807) is 0 Å². The third-order valence-electron chi connectivity index (χ3n) is 4.31. The van der Waals surface area contributed by atoms with Gasteiger partial charge in [0.25, 0.3) is 0 Å². The Bertz CT molecular complexity index is 462. The summed E-state index contributed by atoms with van der Waals surface area (Å²) in [4.78, 5) is 22.3. The average Bonchev–Trinajstić information content (AvgIpc) is 2.62. The predicted molar refractivity (Wildman–Crippen MR) is 61.4 cm³/mol. The predicted octanol–water partition coefficient (Wildman–Crippen LogP) is 1.66.